The minimum absolute atomic E-state index is 0.0117. The number of aliphatic carboxylic acids is 2. The molecule has 1 aromatic heterocycles. The summed E-state index contributed by atoms with van der Waals surface area (Å²) >= 11 is 8.16. The number of aromatic nitrogens is 1. The molecule has 2 aliphatic heterocycles. The lowest BCUT2D eigenvalue weighted by Gasteiger charge is -2.48. The summed E-state index contributed by atoms with van der Waals surface area (Å²) in [7, 11) is 0. The molecule has 160 valence electrons. The monoisotopic (exact) mass is 475 g/mol. The third kappa shape index (κ3) is 4.06. The van der Waals surface area contributed by atoms with Crippen molar-refractivity contribution in [2.75, 3.05) is 11.5 Å². The number of oxime groups is 1. The normalized spacial score (nSPS) is 21.8. The minimum Gasteiger partial charge on any atom is -0.478 e. The summed E-state index contributed by atoms with van der Waals surface area (Å²) in [5.41, 5.74) is 4.82. The van der Waals surface area contributed by atoms with Crippen molar-refractivity contribution in [3.63, 3.8) is 0 Å². The van der Waals surface area contributed by atoms with Gasteiger partial charge in [-0.15, -0.1) is 11.8 Å². The summed E-state index contributed by atoms with van der Waals surface area (Å²) in [4.78, 5) is 57.3. The van der Waals surface area contributed by atoms with Crippen molar-refractivity contribution in [3.8, 4) is 0 Å². The van der Waals surface area contributed by atoms with Gasteiger partial charge in [-0.3, -0.25) is 14.5 Å². The number of nitrogens with zero attached hydrogens (tertiary/aromatic N) is 3. The van der Waals surface area contributed by atoms with Crippen LogP contribution in [0.4, 0.5) is 5.13 Å². The highest BCUT2D eigenvalue weighted by atomic mass is 35.5. The number of hydrogen-bond donors (Lipinski definition) is 4. The zero-order valence-corrected chi connectivity index (χ0v) is 17.5. The number of thiazole rings is 1. The van der Waals surface area contributed by atoms with Gasteiger partial charge in [-0.1, -0.05) is 28.1 Å². The quantitative estimate of drug-likeness (QED) is 0.236. The second-order valence-corrected chi connectivity index (χ2v) is 8.76. The number of nitrogen functional groups attached to an aromatic ring is 1. The first kappa shape index (κ1) is 21.9. The molecule has 2 amide bonds. The lowest BCUT2D eigenvalue weighted by Crippen LogP contribution is -2.70. The SMILES string of the molecule is CC(ON=C(C(=O)NC1C(=O)N2C(C(=O)O)=CCS[C@@H]12)c1nc(N)sc1Cl)C(=O)O. The van der Waals surface area contributed by atoms with Gasteiger partial charge in [0.25, 0.3) is 11.8 Å². The fourth-order valence-corrected chi connectivity index (χ4v) is 4.70. The molecule has 0 radical (unpaired) electrons. The topological polar surface area (TPSA) is 185 Å². The minimum atomic E-state index is -1.37. The fraction of sp³-hybridized carbons (Fsp3) is 0.333. The van der Waals surface area contributed by atoms with Crippen LogP contribution in [0.1, 0.15) is 12.6 Å². The molecule has 1 fully saturated rings. The Morgan fingerprint density at radius 1 is 1.47 bits per heavy atom. The predicted octanol–water partition coefficient (Wildman–Crippen LogP) is -0.0591. The van der Waals surface area contributed by atoms with Crippen molar-refractivity contribution in [2.45, 2.75) is 24.4 Å². The van der Waals surface area contributed by atoms with E-state index in [0.29, 0.717) is 5.75 Å². The zero-order chi connectivity index (χ0) is 22.2. The van der Waals surface area contributed by atoms with E-state index >= 15 is 0 Å². The van der Waals surface area contributed by atoms with Crippen molar-refractivity contribution in [3.05, 3.63) is 21.8 Å². The maximum Gasteiger partial charge on any atom is 0.352 e. The molecule has 5 N–H and O–H groups in total. The number of thioether (sulfide) groups is 1. The molecule has 0 spiro atoms. The van der Waals surface area contributed by atoms with Crippen molar-refractivity contribution in [1.82, 2.24) is 15.2 Å². The molecule has 1 saturated heterocycles. The molecule has 0 aromatic carbocycles. The molecule has 2 aliphatic rings. The Bertz CT molecular complexity index is 994. The van der Waals surface area contributed by atoms with Crippen LogP contribution in [0.25, 0.3) is 0 Å². The average molecular weight is 476 g/mol. The van der Waals surface area contributed by atoms with Gasteiger partial charge < -0.3 is 26.1 Å². The number of carbonyl (C=O) groups excluding carboxylic acids is 2. The van der Waals surface area contributed by atoms with E-state index in [9.17, 15) is 24.3 Å². The van der Waals surface area contributed by atoms with Crippen molar-refractivity contribution >= 4 is 69.3 Å². The van der Waals surface area contributed by atoms with Gasteiger partial charge in [-0.25, -0.2) is 14.6 Å². The third-order valence-electron chi connectivity index (χ3n) is 4.04. The predicted molar refractivity (Wildman–Crippen MR) is 107 cm³/mol. The summed E-state index contributed by atoms with van der Waals surface area (Å²) in [6, 6.07) is -1.03. The first-order valence-electron chi connectivity index (χ1n) is 8.19. The van der Waals surface area contributed by atoms with Gasteiger partial charge in [0.15, 0.2) is 10.8 Å². The van der Waals surface area contributed by atoms with E-state index in [0.717, 1.165) is 16.2 Å². The number of carboxylic acids is 2. The van der Waals surface area contributed by atoms with Gasteiger partial charge in [0.1, 0.15) is 27.1 Å². The van der Waals surface area contributed by atoms with Crippen LogP contribution >= 0.6 is 34.7 Å². The summed E-state index contributed by atoms with van der Waals surface area (Å²) < 4.78 is 0.0117. The second-order valence-electron chi connectivity index (χ2n) is 5.98. The number of rotatable bonds is 7. The first-order chi connectivity index (χ1) is 14.1. The number of amides is 2. The van der Waals surface area contributed by atoms with Crippen LogP contribution < -0.4 is 11.1 Å². The number of β-lactam (4-membered cyclic amide) rings is 1. The van der Waals surface area contributed by atoms with Gasteiger partial charge in [0.05, 0.1) is 0 Å². The highest BCUT2D eigenvalue weighted by molar-refractivity contribution is 8.00. The van der Waals surface area contributed by atoms with Crippen LogP contribution in [0, 0.1) is 0 Å². The van der Waals surface area contributed by atoms with Crippen molar-refractivity contribution in [2.24, 2.45) is 5.16 Å². The Balaban J connectivity index is 1.82. The average Bonchev–Trinajstić information content (AvgIpc) is 3.02. The number of anilines is 1. The van der Waals surface area contributed by atoms with Crippen molar-refractivity contribution < 1.29 is 34.2 Å². The molecule has 3 rings (SSSR count). The van der Waals surface area contributed by atoms with Gasteiger partial charge in [0, 0.05) is 5.75 Å². The number of carboxylic acid groups (broad SMARTS) is 2. The maximum atomic E-state index is 12.8. The standard InChI is InChI=1S/C15H14ClN5O7S2/c1-4(13(24)25)28-20-7(6-9(16)30-15(17)19-6)10(22)18-8-11(23)21-5(14(26)27)2-3-29-12(8)21/h2,4,8,12H,3H2,1H3,(H2,17,19)(H,18,22)(H,24,25)(H,26,27)/t4?,8?,12-/m0/s1. The number of carbonyl (C=O) groups is 4. The van der Waals surface area contributed by atoms with E-state index in [4.69, 9.17) is 27.3 Å². The lowest BCUT2D eigenvalue weighted by molar-refractivity contribution is -0.150. The maximum absolute atomic E-state index is 12.8. The molecule has 0 bridgehead atoms. The Labute approximate surface area is 181 Å². The summed E-state index contributed by atoms with van der Waals surface area (Å²) in [6.07, 6.45) is 0.0335. The smallest absolute Gasteiger partial charge is 0.352 e. The van der Waals surface area contributed by atoms with Crippen LogP contribution in [0.15, 0.2) is 16.9 Å². The van der Waals surface area contributed by atoms with Crippen LogP contribution in [-0.2, 0) is 24.0 Å². The van der Waals surface area contributed by atoms with Crippen LogP contribution in [0.2, 0.25) is 4.34 Å². The third-order valence-corrected chi connectivity index (χ3v) is 6.31. The summed E-state index contributed by atoms with van der Waals surface area (Å²) in [6.45, 7) is 1.20. The Hall–Kier alpha value is -2.84. The first-order valence-corrected chi connectivity index (χ1v) is 10.4. The number of nitrogens with two attached hydrogens (primary N) is 1. The Morgan fingerprint density at radius 2 is 2.17 bits per heavy atom. The molecule has 0 saturated carbocycles. The molecule has 15 heteroatoms. The Morgan fingerprint density at radius 3 is 2.73 bits per heavy atom. The van der Waals surface area contributed by atoms with Crippen LogP contribution in [-0.4, -0.2) is 72.8 Å². The number of halogens is 1. The molecule has 0 aliphatic carbocycles. The number of fused-ring (bicyclic) bond motifs is 1. The van der Waals surface area contributed by atoms with Gasteiger partial charge in [-0.2, -0.15) is 0 Å². The number of nitrogens with one attached hydrogen (secondary N) is 1. The lowest BCUT2D eigenvalue weighted by atomic mass is 10.0. The van der Waals surface area contributed by atoms with Gasteiger partial charge >= 0.3 is 11.9 Å². The molecule has 2 unspecified atom stereocenters. The van der Waals surface area contributed by atoms with E-state index in [1.165, 1.54) is 24.8 Å². The van der Waals surface area contributed by atoms with Gasteiger partial charge in [0.2, 0.25) is 6.10 Å². The highest BCUT2D eigenvalue weighted by Gasteiger charge is 2.53. The van der Waals surface area contributed by atoms with E-state index < -0.39 is 47.0 Å². The number of hydrogen-bond acceptors (Lipinski definition) is 10. The van der Waals surface area contributed by atoms with Gasteiger partial charge in [-0.05, 0) is 13.0 Å². The Kier molecular flexibility index (Phi) is 6.19. The van der Waals surface area contributed by atoms with Crippen molar-refractivity contribution in [1.29, 1.82) is 0 Å². The van der Waals surface area contributed by atoms with Crippen LogP contribution in [0.3, 0.4) is 0 Å². The molecular weight excluding hydrogens is 462 g/mol. The summed E-state index contributed by atoms with van der Waals surface area (Å²) in [5, 5.41) is 23.6. The molecule has 30 heavy (non-hydrogen) atoms. The molecule has 3 heterocycles. The van der Waals surface area contributed by atoms with E-state index in [1.54, 1.807) is 0 Å². The van der Waals surface area contributed by atoms with E-state index in [1.807, 2.05) is 0 Å². The molecule has 1 aromatic rings. The highest BCUT2D eigenvalue weighted by Crippen LogP contribution is 2.37. The summed E-state index contributed by atoms with van der Waals surface area (Å²) in [5.74, 6) is -3.75. The largest absolute Gasteiger partial charge is 0.478 e. The molecular formula is C15H14ClN5O7S2. The molecule has 3 atom stereocenters. The van der Waals surface area contributed by atoms with E-state index in [2.05, 4.69) is 15.5 Å². The molecule has 12 nitrogen and oxygen atoms in total. The zero-order valence-electron chi connectivity index (χ0n) is 15.1. The fourth-order valence-electron chi connectivity index (χ4n) is 2.58. The van der Waals surface area contributed by atoms with Crippen LogP contribution in [0.5, 0.6) is 0 Å². The van der Waals surface area contributed by atoms with E-state index in [-0.39, 0.29) is 20.9 Å². The second kappa shape index (κ2) is 8.49.